The number of carbonyl (C=O) groups excluding carboxylic acids is 2. The van der Waals surface area contributed by atoms with Crippen molar-refractivity contribution in [2.75, 3.05) is 13.4 Å². The number of esters is 1. The fourth-order valence-corrected chi connectivity index (χ4v) is 3.48. The predicted molar refractivity (Wildman–Crippen MR) is 113 cm³/mol. The Kier molecular flexibility index (Phi) is 5.62. The molecule has 0 saturated heterocycles. The number of aryl methyl sites for hydroxylation is 1. The molecule has 8 heteroatoms. The lowest BCUT2D eigenvalue weighted by molar-refractivity contribution is 0.0524. The van der Waals surface area contributed by atoms with Gasteiger partial charge in [0, 0.05) is 12.1 Å². The van der Waals surface area contributed by atoms with Gasteiger partial charge in [-0.2, -0.15) is 5.10 Å². The molecule has 0 saturated carbocycles. The van der Waals surface area contributed by atoms with Gasteiger partial charge in [-0.05, 0) is 62.7 Å². The van der Waals surface area contributed by atoms with Gasteiger partial charge in [0.05, 0.1) is 23.7 Å². The van der Waals surface area contributed by atoms with Crippen LogP contribution in [0.4, 0.5) is 0 Å². The van der Waals surface area contributed by atoms with E-state index in [9.17, 15) is 9.59 Å². The van der Waals surface area contributed by atoms with Crippen LogP contribution in [0.1, 0.15) is 44.6 Å². The van der Waals surface area contributed by atoms with E-state index in [2.05, 4.69) is 10.4 Å². The normalized spacial score (nSPS) is 12.0. The largest absolute Gasteiger partial charge is 0.462 e. The summed E-state index contributed by atoms with van der Waals surface area (Å²) in [7, 11) is 0. The van der Waals surface area contributed by atoms with E-state index in [1.165, 1.54) is 0 Å². The first-order chi connectivity index (χ1) is 15.0. The molecule has 160 valence electrons. The van der Waals surface area contributed by atoms with Gasteiger partial charge in [0.1, 0.15) is 5.56 Å². The number of carbonyl (C=O) groups is 2. The average molecular weight is 421 g/mol. The van der Waals surface area contributed by atoms with Crippen molar-refractivity contribution >= 4 is 11.9 Å². The van der Waals surface area contributed by atoms with Gasteiger partial charge in [-0.25, -0.2) is 9.48 Å². The minimum atomic E-state index is -0.386. The van der Waals surface area contributed by atoms with Gasteiger partial charge in [-0.3, -0.25) is 4.79 Å². The number of hydrogen-bond donors (Lipinski definition) is 1. The number of benzene rings is 2. The van der Waals surface area contributed by atoms with Crippen molar-refractivity contribution in [1.82, 2.24) is 15.1 Å². The molecule has 0 fully saturated rings. The van der Waals surface area contributed by atoms with Crippen LogP contribution < -0.4 is 14.8 Å². The highest BCUT2D eigenvalue weighted by atomic mass is 16.7. The molecule has 0 bridgehead atoms. The Morgan fingerprint density at radius 1 is 1.10 bits per heavy atom. The van der Waals surface area contributed by atoms with E-state index < -0.39 is 0 Å². The van der Waals surface area contributed by atoms with E-state index in [1.54, 1.807) is 42.8 Å². The summed E-state index contributed by atoms with van der Waals surface area (Å²) in [4.78, 5) is 24.7. The van der Waals surface area contributed by atoms with E-state index in [4.69, 9.17) is 14.2 Å². The third-order valence-electron chi connectivity index (χ3n) is 5.03. The fourth-order valence-electron chi connectivity index (χ4n) is 3.48. The molecule has 1 amide bonds. The van der Waals surface area contributed by atoms with Crippen LogP contribution >= 0.6 is 0 Å². The molecular weight excluding hydrogens is 398 g/mol. The van der Waals surface area contributed by atoms with Gasteiger partial charge in [0.15, 0.2) is 11.5 Å². The van der Waals surface area contributed by atoms with E-state index in [-0.39, 0.29) is 18.7 Å². The third-order valence-corrected chi connectivity index (χ3v) is 5.03. The number of fused-ring (bicyclic) bond motifs is 1. The summed E-state index contributed by atoms with van der Waals surface area (Å²) in [5, 5.41) is 7.36. The first kappa shape index (κ1) is 20.5. The number of nitrogens with zero attached hydrogens (tertiary/aromatic N) is 2. The first-order valence-electron chi connectivity index (χ1n) is 9.98. The average Bonchev–Trinajstić information content (AvgIpc) is 3.35. The Hall–Kier alpha value is -3.81. The molecule has 0 unspecified atom stereocenters. The van der Waals surface area contributed by atoms with Gasteiger partial charge in [0.2, 0.25) is 6.79 Å². The van der Waals surface area contributed by atoms with Crippen molar-refractivity contribution < 1.29 is 23.8 Å². The molecular formula is C23H23N3O5. The molecule has 0 spiro atoms. The first-order valence-corrected chi connectivity index (χ1v) is 9.98. The fraction of sp³-hybridized carbons (Fsp3) is 0.261. The Bertz CT molecular complexity index is 1130. The minimum absolute atomic E-state index is 0.190. The quantitative estimate of drug-likeness (QED) is 0.614. The van der Waals surface area contributed by atoms with Crippen molar-refractivity contribution in [1.29, 1.82) is 0 Å². The Morgan fingerprint density at radius 2 is 1.84 bits per heavy atom. The number of amides is 1. The number of aromatic nitrogens is 2. The molecule has 1 N–H and O–H groups in total. The zero-order valence-electron chi connectivity index (χ0n) is 17.6. The SMILES string of the molecule is CCOC(=O)c1c(C)nn(-c2ccc(C(=O)NCc3ccc4c(c3)OCO4)cc2)c1C. The molecule has 8 nitrogen and oxygen atoms in total. The summed E-state index contributed by atoms with van der Waals surface area (Å²) in [5.74, 6) is 0.817. The number of rotatable bonds is 6. The highest BCUT2D eigenvalue weighted by Gasteiger charge is 2.20. The zero-order valence-corrected chi connectivity index (χ0v) is 17.6. The summed E-state index contributed by atoms with van der Waals surface area (Å²) in [6.07, 6.45) is 0. The van der Waals surface area contributed by atoms with Crippen LogP contribution in [0.2, 0.25) is 0 Å². The minimum Gasteiger partial charge on any atom is -0.462 e. The Morgan fingerprint density at radius 3 is 2.58 bits per heavy atom. The lowest BCUT2D eigenvalue weighted by atomic mass is 10.1. The molecule has 1 aliphatic heterocycles. The van der Waals surface area contributed by atoms with Gasteiger partial charge < -0.3 is 19.5 Å². The summed E-state index contributed by atoms with van der Waals surface area (Å²) in [6, 6.07) is 12.6. The Balaban J connectivity index is 1.45. The molecule has 31 heavy (non-hydrogen) atoms. The summed E-state index contributed by atoms with van der Waals surface area (Å²) < 4.78 is 17.5. The maximum Gasteiger partial charge on any atom is 0.341 e. The van der Waals surface area contributed by atoms with E-state index in [1.807, 2.05) is 25.1 Å². The Labute approximate surface area is 179 Å². The number of nitrogens with one attached hydrogen (secondary N) is 1. The van der Waals surface area contributed by atoms with Crippen LogP contribution in [-0.4, -0.2) is 35.1 Å². The smallest absolute Gasteiger partial charge is 0.341 e. The molecule has 2 aromatic carbocycles. The monoisotopic (exact) mass is 421 g/mol. The molecule has 4 rings (SSSR count). The lowest BCUT2D eigenvalue weighted by Crippen LogP contribution is -2.22. The maximum atomic E-state index is 12.5. The third kappa shape index (κ3) is 4.09. The van der Waals surface area contributed by atoms with Gasteiger partial charge in [-0.1, -0.05) is 6.07 Å². The molecule has 0 aliphatic carbocycles. The highest BCUT2D eigenvalue weighted by molar-refractivity contribution is 5.94. The van der Waals surface area contributed by atoms with E-state index in [0.717, 1.165) is 11.3 Å². The van der Waals surface area contributed by atoms with Crippen molar-refractivity contribution in [3.63, 3.8) is 0 Å². The maximum absolute atomic E-state index is 12.5. The summed E-state index contributed by atoms with van der Waals surface area (Å²) >= 11 is 0. The van der Waals surface area contributed by atoms with Crippen LogP contribution in [0, 0.1) is 13.8 Å². The molecule has 1 aliphatic rings. The van der Waals surface area contributed by atoms with Crippen molar-refractivity contribution in [2.45, 2.75) is 27.3 Å². The molecule has 3 aromatic rings. The summed E-state index contributed by atoms with van der Waals surface area (Å²) in [5.41, 5.74) is 3.95. The van der Waals surface area contributed by atoms with Crippen molar-refractivity contribution in [3.05, 3.63) is 70.5 Å². The standard InChI is InChI=1S/C23H23N3O5/c1-4-29-23(28)21-14(2)25-26(15(21)3)18-8-6-17(7-9-18)22(27)24-12-16-5-10-19-20(11-16)31-13-30-19/h5-11H,4,12-13H2,1-3H3,(H,24,27). The van der Waals surface area contributed by atoms with Crippen LogP contribution in [0.15, 0.2) is 42.5 Å². The van der Waals surface area contributed by atoms with Gasteiger partial charge in [-0.15, -0.1) is 0 Å². The van der Waals surface area contributed by atoms with Crippen LogP contribution in [0.25, 0.3) is 5.69 Å². The molecule has 0 atom stereocenters. The van der Waals surface area contributed by atoms with Crippen LogP contribution in [0.5, 0.6) is 11.5 Å². The molecule has 0 radical (unpaired) electrons. The second-order valence-corrected chi connectivity index (χ2v) is 7.10. The van der Waals surface area contributed by atoms with Gasteiger partial charge >= 0.3 is 5.97 Å². The summed E-state index contributed by atoms with van der Waals surface area (Å²) in [6.45, 7) is 6.25. The van der Waals surface area contributed by atoms with Gasteiger partial charge in [0.25, 0.3) is 5.91 Å². The molecule has 2 heterocycles. The second kappa shape index (κ2) is 8.51. The highest BCUT2D eigenvalue weighted by Crippen LogP contribution is 2.32. The van der Waals surface area contributed by atoms with Crippen LogP contribution in [-0.2, 0) is 11.3 Å². The van der Waals surface area contributed by atoms with Crippen molar-refractivity contribution in [3.8, 4) is 17.2 Å². The van der Waals surface area contributed by atoms with E-state index >= 15 is 0 Å². The molecule has 1 aromatic heterocycles. The van der Waals surface area contributed by atoms with Crippen molar-refractivity contribution in [2.24, 2.45) is 0 Å². The zero-order chi connectivity index (χ0) is 22.0. The topological polar surface area (TPSA) is 91.7 Å². The second-order valence-electron chi connectivity index (χ2n) is 7.10. The van der Waals surface area contributed by atoms with Crippen LogP contribution in [0.3, 0.4) is 0 Å². The lowest BCUT2D eigenvalue weighted by Gasteiger charge is -2.08. The number of hydrogen-bond acceptors (Lipinski definition) is 6. The van der Waals surface area contributed by atoms with E-state index in [0.29, 0.717) is 47.2 Å². The number of ether oxygens (including phenoxy) is 3. The predicted octanol–water partition coefficient (Wildman–Crippen LogP) is 3.32.